The zero-order chi connectivity index (χ0) is 18.5. The molecular weight excluding hydrogens is 344 g/mol. The van der Waals surface area contributed by atoms with E-state index in [1.54, 1.807) is 0 Å². The topological polar surface area (TPSA) is 63.6 Å². The zero-order valence-corrected chi connectivity index (χ0v) is 12.8. The summed E-state index contributed by atoms with van der Waals surface area (Å²) in [4.78, 5) is 25.1. The summed E-state index contributed by atoms with van der Waals surface area (Å²) in [5.74, 6) is -11.4. The van der Waals surface area contributed by atoms with Crippen LogP contribution in [0, 0.1) is 23.3 Å². The van der Waals surface area contributed by atoms with Crippen molar-refractivity contribution in [2.75, 3.05) is 13.7 Å². The molecule has 0 radical (unpaired) electrons. The maximum absolute atomic E-state index is 14.1. The highest BCUT2D eigenvalue weighted by atomic mass is 19.2. The average Bonchev–Trinajstić information content (AvgIpc) is 2.59. The summed E-state index contributed by atoms with van der Waals surface area (Å²) >= 11 is 0. The highest BCUT2D eigenvalue weighted by molar-refractivity contribution is 6.30. The molecule has 1 N–H and O–H groups in total. The van der Waals surface area contributed by atoms with E-state index >= 15 is 0 Å². The number of carbonyl (C=O) groups excluding carboxylic acids is 2. The van der Waals surface area contributed by atoms with E-state index in [1.165, 1.54) is 13.2 Å². The average molecular weight is 354 g/mol. The molecule has 2 aromatic rings. The molecule has 0 aromatic heterocycles. The molecule has 0 spiro atoms. The fourth-order valence-corrected chi connectivity index (χ4v) is 2.85. The fourth-order valence-electron chi connectivity index (χ4n) is 2.85. The summed E-state index contributed by atoms with van der Waals surface area (Å²) in [6.45, 7) is 0.139. The second-order valence-electron chi connectivity index (χ2n) is 5.40. The molecule has 0 fully saturated rings. The Bertz CT molecular complexity index is 937. The van der Waals surface area contributed by atoms with Crippen molar-refractivity contribution in [1.29, 1.82) is 0 Å². The summed E-state index contributed by atoms with van der Waals surface area (Å²) in [6.07, 6.45) is 0.126. The summed E-state index contributed by atoms with van der Waals surface area (Å²) in [6, 6.07) is 2.42. The molecule has 0 atom stereocenters. The first-order chi connectivity index (χ1) is 11.8. The smallest absolute Gasteiger partial charge is 0.201 e. The minimum Gasteiger partial charge on any atom is -0.507 e. The molecule has 25 heavy (non-hydrogen) atoms. The minimum absolute atomic E-state index is 0.126. The Balaban J connectivity index is 2.36. The van der Waals surface area contributed by atoms with Gasteiger partial charge in [-0.1, -0.05) is 6.07 Å². The summed E-state index contributed by atoms with van der Waals surface area (Å²) in [5.41, 5.74) is -3.14. The normalized spacial score (nSPS) is 13.0. The van der Waals surface area contributed by atoms with Crippen LogP contribution in [0.2, 0.25) is 0 Å². The van der Waals surface area contributed by atoms with Crippen LogP contribution in [0.15, 0.2) is 12.1 Å². The van der Waals surface area contributed by atoms with Crippen molar-refractivity contribution in [2.45, 2.75) is 6.42 Å². The quantitative estimate of drug-likeness (QED) is 0.446. The first-order valence-corrected chi connectivity index (χ1v) is 7.10. The lowest BCUT2D eigenvalue weighted by atomic mass is 9.80. The Kier molecular flexibility index (Phi) is 4.08. The second-order valence-corrected chi connectivity index (χ2v) is 5.40. The summed E-state index contributed by atoms with van der Waals surface area (Å²) in [5, 5.41) is 9.92. The number of hydrogen-bond donors (Lipinski definition) is 1. The summed E-state index contributed by atoms with van der Waals surface area (Å²) < 4.78 is 60.0. The lowest BCUT2D eigenvalue weighted by molar-refractivity contribution is 0.0965. The van der Waals surface area contributed by atoms with Gasteiger partial charge in [0.15, 0.2) is 29.1 Å². The number of fused-ring (bicyclic) bond motifs is 2. The number of phenols is 1. The molecule has 1 aliphatic rings. The van der Waals surface area contributed by atoms with Crippen LogP contribution in [-0.4, -0.2) is 30.4 Å². The van der Waals surface area contributed by atoms with Gasteiger partial charge in [-0.25, -0.2) is 17.6 Å². The third-order valence-electron chi connectivity index (χ3n) is 4.02. The SMILES string of the molecule is COCCc1ccc(O)c2c1C(=O)c1c(F)c(F)c(F)c(F)c1C2=O. The monoisotopic (exact) mass is 354 g/mol. The van der Waals surface area contributed by atoms with Gasteiger partial charge < -0.3 is 9.84 Å². The van der Waals surface area contributed by atoms with Crippen LogP contribution in [0.3, 0.4) is 0 Å². The number of carbonyl (C=O) groups is 2. The number of ketones is 2. The van der Waals surface area contributed by atoms with Crippen molar-refractivity contribution in [3.8, 4) is 5.75 Å². The molecule has 0 saturated carbocycles. The van der Waals surface area contributed by atoms with Gasteiger partial charge in [0.25, 0.3) is 0 Å². The molecule has 2 aromatic carbocycles. The fraction of sp³-hybridized carbons (Fsp3) is 0.176. The molecular formula is C17H10F4O4. The highest BCUT2D eigenvalue weighted by Crippen LogP contribution is 2.38. The molecule has 0 amide bonds. The van der Waals surface area contributed by atoms with Crippen LogP contribution in [-0.2, 0) is 11.2 Å². The number of hydrogen-bond acceptors (Lipinski definition) is 4. The molecule has 1 aliphatic carbocycles. The lowest BCUT2D eigenvalue weighted by Crippen LogP contribution is -2.27. The van der Waals surface area contributed by atoms with Gasteiger partial charge in [0.1, 0.15) is 5.75 Å². The van der Waals surface area contributed by atoms with E-state index in [4.69, 9.17) is 4.74 Å². The number of methoxy groups -OCH3 is 1. The number of phenolic OH excluding ortho intramolecular Hbond substituents is 1. The first kappa shape index (κ1) is 17.1. The van der Waals surface area contributed by atoms with Gasteiger partial charge >= 0.3 is 0 Å². The van der Waals surface area contributed by atoms with Crippen molar-refractivity contribution >= 4 is 11.6 Å². The van der Waals surface area contributed by atoms with Gasteiger partial charge in [0, 0.05) is 12.7 Å². The molecule has 130 valence electrons. The van der Waals surface area contributed by atoms with Crippen LogP contribution in [0.25, 0.3) is 0 Å². The Morgan fingerprint density at radius 2 is 1.36 bits per heavy atom. The molecule has 0 heterocycles. The molecule has 3 rings (SSSR count). The van der Waals surface area contributed by atoms with E-state index in [-0.39, 0.29) is 24.2 Å². The Labute approximate surface area is 138 Å². The van der Waals surface area contributed by atoms with E-state index in [0.29, 0.717) is 0 Å². The second kappa shape index (κ2) is 5.96. The van der Waals surface area contributed by atoms with Crippen LogP contribution < -0.4 is 0 Å². The minimum atomic E-state index is -2.20. The predicted octanol–water partition coefficient (Wildman–Crippen LogP) is 2.91. The number of ether oxygens (including phenoxy) is 1. The van der Waals surface area contributed by atoms with E-state index in [2.05, 4.69) is 0 Å². The van der Waals surface area contributed by atoms with Gasteiger partial charge in [-0.3, -0.25) is 9.59 Å². The molecule has 0 aliphatic heterocycles. The van der Waals surface area contributed by atoms with Gasteiger partial charge in [0.05, 0.1) is 23.3 Å². The van der Waals surface area contributed by atoms with E-state index in [1.807, 2.05) is 0 Å². The largest absolute Gasteiger partial charge is 0.507 e. The van der Waals surface area contributed by atoms with Crippen LogP contribution in [0.5, 0.6) is 5.75 Å². The van der Waals surface area contributed by atoms with Gasteiger partial charge in [-0.15, -0.1) is 0 Å². The van der Waals surface area contributed by atoms with Crippen molar-refractivity contribution < 1.29 is 37.0 Å². The van der Waals surface area contributed by atoms with Crippen molar-refractivity contribution in [3.05, 3.63) is 63.2 Å². The van der Waals surface area contributed by atoms with E-state index in [9.17, 15) is 32.3 Å². The number of halogens is 4. The van der Waals surface area contributed by atoms with E-state index in [0.717, 1.165) is 6.07 Å². The molecule has 4 nitrogen and oxygen atoms in total. The number of aromatic hydroxyl groups is 1. The lowest BCUT2D eigenvalue weighted by Gasteiger charge is -2.22. The van der Waals surface area contributed by atoms with Crippen LogP contribution in [0.1, 0.15) is 37.4 Å². The maximum Gasteiger partial charge on any atom is 0.201 e. The highest BCUT2D eigenvalue weighted by Gasteiger charge is 2.41. The van der Waals surface area contributed by atoms with E-state index < -0.39 is 57.3 Å². The Morgan fingerprint density at radius 1 is 0.840 bits per heavy atom. The number of rotatable bonds is 3. The zero-order valence-electron chi connectivity index (χ0n) is 12.8. The van der Waals surface area contributed by atoms with Crippen molar-refractivity contribution in [3.63, 3.8) is 0 Å². The Hall–Kier alpha value is -2.74. The van der Waals surface area contributed by atoms with Crippen molar-refractivity contribution in [1.82, 2.24) is 0 Å². The standard InChI is InChI=1S/C17H10F4O4/c1-25-5-4-6-2-3-7(22)9-8(6)16(23)10-11(17(9)24)13(19)15(21)14(20)12(10)18/h2-3,22H,4-5H2,1H3. The summed E-state index contributed by atoms with van der Waals surface area (Å²) in [7, 11) is 1.39. The molecule has 8 heteroatoms. The third-order valence-corrected chi connectivity index (χ3v) is 4.02. The number of benzene rings is 2. The molecule has 0 saturated heterocycles. The Morgan fingerprint density at radius 3 is 1.88 bits per heavy atom. The van der Waals surface area contributed by atoms with Gasteiger partial charge in [0.2, 0.25) is 5.78 Å². The van der Waals surface area contributed by atoms with Gasteiger partial charge in [-0.05, 0) is 18.1 Å². The third kappa shape index (κ3) is 2.32. The first-order valence-electron chi connectivity index (χ1n) is 7.10. The van der Waals surface area contributed by atoms with Crippen LogP contribution in [0.4, 0.5) is 17.6 Å². The predicted molar refractivity (Wildman–Crippen MR) is 76.8 cm³/mol. The molecule has 0 bridgehead atoms. The van der Waals surface area contributed by atoms with Gasteiger partial charge in [-0.2, -0.15) is 0 Å². The molecule has 0 unspecified atom stereocenters. The maximum atomic E-state index is 14.1. The van der Waals surface area contributed by atoms with Crippen LogP contribution >= 0.6 is 0 Å². The van der Waals surface area contributed by atoms with Crippen molar-refractivity contribution in [2.24, 2.45) is 0 Å².